The first kappa shape index (κ1) is 14.7. The molecule has 1 aromatic heterocycles. The third-order valence-electron chi connectivity index (χ3n) is 2.88. The number of aromatic nitrogens is 2. The standard InChI is InChI=1S/C11H20N4O2S/c1-8-6-13-10(12-4)15-9(8)14-7-11(2,3)18(5,16)17/h6H,7H2,1-5H3,(H2,12,13,14,15). The van der Waals surface area contributed by atoms with Gasteiger partial charge >= 0.3 is 0 Å². The summed E-state index contributed by atoms with van der Waals surface area (Å²) in [5.41, 5.74) is 0.873. The molecule has 18 heavy (non-hydrogen) atoms. The highest BCUT2D eigenvalue weighted by atomic mass is 32.2. The molecule has 0 aliphatic carbocycles. The zero-order chi connectivity index (χ0) is 14.0. The molecule has 0 fully saturated rings. The third-order valence-corrected chi connectivity index (χ3v) is 5.03. The molecule has 2 N–H and O–H groups in total. The van der Waals surface area contributed by atoms with Crippen LogP contribution in [-0.2, 0) is 9.84 Å². The lowest BCUT2D eigenvalue weighted by molar-refractivity contribution is 0.559. The van der Waals surface area contributed by atoms with Crippen LogP contribution in [0.5, 0.6) is 0 Å². The Kier molecular flexibility index (Phi) is 4.16. The minimum Gasteiger partial charge on any atom is -0.368 e. The molecular weight excluding hydrogens is 252 g/mol. The first-order valence-electron chi connectivity index (χ1n) is 5.62. The van der Waals surface area contributed by atoms with Crippen LogP contribution >= 0.6 is 0 Å². The molecule has 0 atom stereocenters. The summed E-state index contributed by atoms with van der Waals surface area (Å²) in [6, 6.07) is 0. The van der Waals surface area contributed by atoms with Gasteiger partial charge in [-0.2, -0.15) is 4.98 Å². The molecule has 1 rings (SSSR count). The molecule has 1 aromatic rings. The van der Waals surface area contributed by atoms with Gasteiger partial charge in [-0.1, -0.05) is 0 Å². The fraction of sp³-hybridized carbons (Fsp3) is 0.636. The highest BCUT2D eigenvalue weighted by Gasteiger charge is 2.30. The van der Waals surface area contributed by atoms with Crippen LogP contribution in [0, 0.1) is 6.92 Å². The molecule has 7 heteroatoms. The van der Waals surface area contributed by atoms with Crippen LogP contribution in [0.15, 0.2) is 6.20 Å². The number of hydrogen-bond donors (Lipinski definition) is 2. The maximum Gasteiger partial charge on any atom is 0.224 e. The molecule has 1 heterocycles. The van der Waals surface area contributed by atoms with Gasteiger partial charge in [0.2, 0.25) is 5.95 Å². The lowest BCUT2D eigenvalue weighted by atomic mass is 10.2. The van der Waals surface area contributed by atoms with E-state index in [-0.39, 0.29) is 0 Å². The summed E-state index contributed by atoms with van der Waals surface area (Å²) in [6.07, 6.45) is 2.93. The Hall–Kier alpha value is -1.37. The van der Waals surface area contributed by atoms with Gasteiger partial charge in [0.25, 0.3) is 0 Å². The van der Waals surface area contributed by atoms with E-state index < -0.39 is 14.6 Å². The summed E-state index contributed by atoms with van der Waals surface area (Å²) in [5, 5.41) is 5.91. The number of rotatable bonds is 5. The Bertz CT molecular complexity index is 526. The van der Waals surface area contributed by atoms with Crippen molar-refractivity contribution in [3.8, 4) is 0 Å². The third kappa shape index (κ3) is 3.32. The van der Waals surface area contributed by atoms with E-state index in [1.165, 1.54) is 6.26 Å². The van der Waals surface area contributed by atoms with Crippen LogP contribution in [-0.4, -0.2) is 43.0 Å². The molecule has 102 valence electrons. The van der Waals surface area contributed by atoms with Crippen molar-refractivity contribution in [1.29, 1.82) is 0 Å². The van der Waals surface area contributed by atoms with Crippen LogP contribution in [0.4, 0.5) is 11.8 Å². The Morgan fingerprint density at radius 2 is 2.00 bits per heavy atom. The Morgan fingerprint density at radius 1 is 1.39 bits per heavy atom. The van der Waals surface area contributed by atoms with Crippen molar-refractivity contribution in [3.63, 3.8) is 0 Å². The summed E-state index contributed by atoms with van der Waals surface area (Å²) in [5.74, 6) is 1.14. The van der Waals surface area contributed by atoms with Gasteiger partial charge < -0.3 is 10.6 Å². The van der Waals surface area contributed by atoms with Crippen LogP contribution in [0.25, 0.3) is 0 Å². The maximum absolute atomic E-state index is 11.6. The van der Waals surface area contributed by atoms with Crippen molar-refractivity contribution in [3.05, 3.63) is 11.8 Å². The van der Waals surface area contributed by atoms with Crippen molar-refractivity contribution in [2.24, 2.45) is 0 Å². The van der Waals surface area contributed by atoms with E-state index in [2.05, 4.69) is 20.6 Å². The number of hydrogen-bond acceptors (Lipinski definition) is 6. The van der Waals surface area contributed by atoms with E-state index in [9.17, 15) is 8.42 Å². The Balaban J connectivity index is 2.87. The summed E-state index contributed by atoms with van der Waals surface area (Å²) < 4.78 is 22.4. The second-order valence-corrected chi connectivity index (χ2v) is 7.51. The summed E-state index contributed by atoms with van der Waals surface area (Å²) in [7, 11) is -1.39. The number of sulfone groups is 1. The van der Waals surface area contributed by atoms with Gasteiger partial charge in [0.15, 0.2) is 9.84 Å². The van der Waals surface area contributed by atoms with Crippen LogP contribution in [0.2, 0.25) is 0 Å². The average Bonchev–Trinajstić information content (AvgIpc) is 2.26. The fourth-order valence-corrected chi connectivity index (χ4v) is 1.50. The smallest absolute Gasteiger partial charge is 0.224 e. The molecule has 0 aliphatic rings. The number of nitrogens with one attached hydrogen (secondary N) is 2. The molecular formula is C11H20N4O2S. The predicted octanol–water partition coefficient (Wildman–Crippen LogP) is 1.06. The van der Waals surface area contributed by atoms with Gasteiger partial charge in [0.1, 0.15) is 5.82 Å². The van der Waals surface area contributed by atoms with Crippen molar-refractivity contribution in [2.75, 3.05) is 30.5 Å². The van der Waals surface area contributed by atoms with Crippen LogP contribution in [0.3, 0.4) is 0 Å². The lowest BCUT2D eigenvalue weighted by Crippen LogP contribution is -2.38. The number of aryl methyl sites for hydroxylation is 1. The molecule has 0 aromatic carbocycles. The van der Waals surface area contributed by atoms with Gasteiger partial charge in [-0.05, 0) is 20.8 Å². The Morgan fingerprint density at radius 3 is 2.50 bits per heavy atom. The maximum atomic E-state index is 11.6. The van der Waals surface area contributed by atoms with E-state index in [0.717, 1.165) is 5.56 Å². The van der Waals surface area contributed by atoms with E-state index in [0.29, 0.717) is 18.3 Å². The SMILES string of the molecule is CNc1ncc(C)c(NCC(C)(C)S(C)(=O)=O)n1. The number of nitrogens with zero attached hydrogens (tertiary/aromatic N) is 2. The second-order valence-electron chi connectivity index (χ2n) is 4.86. The largest absolute Gasteiger partial charge is 0.368 e. The van der Waals surface area contributed by atoms with Gasteiger partial charge in [-0.25, -0.2) is 13.4 Å². The zero-order valence-electron chi connectivity index (χ0n) is 11.4. The number of anilines is 2. The van der Waals surface area contributed by atoms with E-state index in [4.69, 9.17) is 0 Å². The molecule has 0 aliphatic heterocycles. The predicted molar refractivity (Wildman–Crippen MR) is 73.7 cm³/mol. The second kappa shape index (κ2) is 5.09. The minimum atomic E-state index is -3.12. The average molecular weight is 272 g/mol. The molecule has 0 saturated heterocycles. The first-order valence-corrected chi connectivity index (χ1v) is 7.51. The van der Waals surface area contributed by atoms with Gasteiger partial charge in [0, 0.05) is 31.6 Å². The Labute approximate surface area is 108 Å². The zero-order valence-corrected chi connectivity index (χ0v) is 12.2. The molecule has 0 radical (unpaired) electrons. The van der Waals surface area contributed by atoms with E-state index >= 15 is 0 Å². The lowest BCUT2D eigenvalue weighted by Gasteiger charge is -2.23. The van der Waals surface area contributed by atoms with Crippen molar-refractivity contribution >= 4 is 21.6 Å². The first-order chi connectivity index (χ1) is 8.17. The molecule has 0 unspecified atom stereocenters. The van der Waals surface area contributed by atoms with Crippen molar-refractivity contribution in [1.82, 2.24) is 9.97 Å². The van der Waals surface area contributed by atoms with Crippen molar-refractivity contribution < 1.29 is 8.42 Å². The summed E-state index contributed by atoms with van der Waals surface area (Å²) >= 11 is 0. The van der Waals surface area contributed by atoms with Crippen LogP contribution in [0.1, 0.15) is 19.4 Å². The van der Waals surface area contributed by atoms with Gasteiger partial charge in [0.05, 0.1) is 4.75 Å². The monoisotopic (exact) mass is 272 g/mol. The quantitative estimate of drug-likeness (QED) is 0.834. The van der Waals surface area contributed by atoms with Gasteiger partial charge in [-0.15, -0.1) is 0 Å². The van der Waals surface area contributed by atoms with Crippen molar-refractivity contribution in [2.45, 2.75) is 25.5 Å². The molecule has 0 bridgehead atoms. The highest BCUT2D eigenvalue weighted by Crippen LogP contribution is 2.18. The van der Waals surface area contributed by atoms with E-state index in [1.807, 2.05) is 6.92 Å². The summed E-state index contributed by atoms with van der Waals surface area (Å²) in [6.45, 7) is 5.54. The summed E-state index contributed by atoms with van der Waals surface area (Å²) in [4.78, 5) is 8.32. The molecule has 6 nitrogen and oxygen atoms in total. The topological polar surface area (TPSA) is 84.0 Å². The molecule has 0 amide bonds. The molecule has 0 spiro atoms. The van der Waals surface area contributed by atoms with Crippen LogP contribution < -0.4 is 10.6 Å². The minimum absolute atomic E-state index is 0.298. The molecule has 0 saturated carbocycles. The van der Waals surface area contributed by atoms with E-state index in [1.54, 1.807) is 27.1 Å². The normalized spacial score (nSPS) is 12.3. The fourth-order valence-electron chi connectivity index (χ4n) is 1.17. The highest BCUT2D eigenvalue weighted by molar-refractivity contribution is 7.92. The van der Waals surface area contributed by atoms with Gasteiger partial charge in [-0.3, -0.25) is 0 Å².